The van der Waals surface area contributed by atoms with Gasteiger partial charge in [0.05, 0.1) is 0 Å². The zero-order valence-corrected chi connectivity index (χ0v) is 13.3. The molecule has 0 atom stereocenters. The Morgan fingerprint density at radius 3 is 2.48 bits per heavy atom. The van der Waals surface area contributed by atoms with Crippen molar-refractivity contribution >= 4 is 28.9 Å². The fourth-order valence-corrected chi connectivity index (χ4v) is 3.15. The van der Waals surface area contributed by atoms with Crippen molar-refractivity contribution in [3.05, 3.63) is 63.6 Å². The summed E-state index contributed by atoms with van der Waals surface area (Å²) in [6.07, 6.45) is 0.805. The summed E-state index contributed by atoms with van der Waals surface area (Å²) in [5.41, 5.74) is 3.64. The van der Waals surface area contributed by atoms with Gasteiger partial charge < -0.3 is 10.2 Å². The number of nitrogens with one attached hydrogen (secondary N) is 1. The molecule has 3 rings (SSSR count). The van der Waals surface area contributed by atoms with Crippen LogP contribution in [0.4, 0.5) is 5.69 Å². The lowest BCUT2D eigenvalue weighted by molar-refractivity contribution is 0.588. The van der Waals surface area contributed by atoms with E-state index in [1.807, 2.05) is 24.3 Å². The van der Waals surface area contributed by atoms with Gasteiger partial charge in [0.2, 0.25) is 0 Å². The van der Waals surface area contributed by atoms with E-state index >= 15 is 0 Å². The second kappa shape index (κ2) is 6.69. The van der Waals surface area contributed by atoms with Crippen molar-refractivity contribution < 1.29 is 0 Å². The second-order valence-electron chi connectivity index (χ2n) is 5.28. The summed E-state index contributed by atoms with van der Waals surface area (Å²) in [5.74, 6) is 0. The van der Waals surface area contributed by atoms with Crippen molar-refractivity contribution in [1.82, 2.24) is 5.32 Å². The Labute approximate surface area is 135 Å². The normalized spacial score (nSPS) is 15.2. The SMILES string of the molecule is Clc1ccc(N2CCNCC2)c(Cc2ccccc2Cl)c1. The van der Waals surface area contributed by atoms with Crippen molar-refractivity contribution in [2.75, 3.05) is 31.1 Å². The minimum absolute atomic E-state index is 0.774. The minimum Gasteiger partial charge on any atom is -0.369 e. The molecule has 0 radical (unpaired) electrons. The van der Waals surface area contributed by atoms with Crippen molar-refractivity contribution in [1.29, 1.82) is 0 Å². The molecule has 0 aliphatic carbocycles. The molecule has 2 aromatic carbocycles. The van der Waals surface area contributed by atoms with E-state index < -0.39 is 0 Å². The van der Waals surface area contributed by atoms with Gasteiger partial charge in [-0.2, -0.15) is 0 Å². The van der Waals surface area contributed by atoms with Crippen LogP contribution in [0.3, 0.4) is 0 Å². The first-order valence-electron chi connectivity index (χ1n) is 7.21. The Bertz CT molecular complexity index is 622. The maximum absolute atomic E-state index is 6.30. The van der Waals surface area contributed by atoms with Crippen LogP contribution in [-0.4, -0.2) is 26.2 Å². The number of nitrogens with zero attached hydrogens (tertiary/aromatic N) is 1. The lowest BCUT2D eigenvalue weighted by atomic mass is 10.0. The van der Waals surface area contributed by atoms with Crippen LogP contribution in [0, 0.1) is 0 Å². The maximum atomic E-state index is 6.30. The number of hydrogen-bond acceptors (Lipinski definition) is 2. The minimum atomic E-state index is 0.774. The molecule has 0 aromatic heterocycles. The van der Waals surface area contributed by atoms with Crippen LogP contribution in [-0.2, 0) is 6.42 Å². The van der Waals surface area contributed by atoms with Crippen molar-refractivity contribution in [2.24, 2.45) is 0 Å². The summed E-state index contributed by atoms with van der Waals surface area (Å²) in [4.78, 5) is 2.42. The average Bonchev–Trinajstić information content (AvgIpc) is 2.51. The predicted molar refractivity (Wildman–Crippen MR) is 90.8 cm³/mol. The van der Waals surface area contributed by atoms with E-state index in [4.69, 9.17) is 23.2 Å². The van der Waals surface area contributed by atoms with E-state index in [0.717, 1.165) is 48.2 Å². The van der Waals surface area contributed by atoms with Gasteiger partial charge >= 0.3 is 0 Å². The number of benzene rings is 2. The molecule has 0 amide bonds. The molecule has 1 aliphatic rings. The number of rotatable bonds is 3. The molecular formula is C17H18Cl2N2. The zero-order valence-electron chi connectivity index (χ0n) is 11.8. The molecule has 1 saturated heterocycles. The molecule has 1 N–H and O–H groups in total. The Balaban J connectivity index is 1.93. The highest BCUT2D eigenvalue weighted by Gasteiger charge is 2.15. The lowest BCUT2D eigenvalue weighted by Gasteiger charge is -2.31. The van der Waals surface area contributed by atoms with E-state index in [1.54, 1.807) is 0 Å². The van der Waals surface area contributed by atoms with Crippen molar-refractivity contribution in [2.45, 2.75) is 6.42 Å². The largest absolute Gasteiger partial charge is 0.369 e. The van der Waals surface area contributed by atoms with Crippen LogP contribution in [0.5, 0.6) is 0 Å². The second-order valence-corrected chi connectivity index (χ2v) is 6.12. The van der Waals surface area contributed by atoms with Gasteiger partial charge in [-0.15, -0.1) is 0 Å². The Kier molecular flexibility index (Phi) is 4.69. The third kappa shape index (κ3) is 3.52. The highest BCUT2D eigenvalue weighted by Crippen LogP contribution is 2.29. The first-order valence-corrected chi connectivity index (χ1v) is 7.97. The van der Waals surface area contributed by atoms with Gasteiger partial charge in [0, 0.05) is 48.3 Å². The average molecular weight is 321 g/mol. The molecule has 1 heterocycles. The monoisotopic (exact) mass is 320 g/mol. The number of halogens is 2. The summed E-state index contributed by atoms with van der Waals surface area (Å²) < 4.78 is 0. The van der Waals surface area contributed by atoms with E-state index in [-0.39, 0.29) is 0 Å². The molecule has 0 unspecified atom stereocenters. The molecule has 1 fully saturated rings. The molecule has 0 spiro atoms. The molecule has 21 heavy (non-hydrogen) atoms. The van der Waals surface area contributed by atoms with Gasteiger partial charge in [0.15, 0.2) is 0 Å². The van der Waals surface area contributed by atoms with E-state index in [9.17, 15) is 0 Å². The summed E-state index contributed by atoms with van der Waals surface area (Å²) in [6, 6.07) is 14.1. The Hall–Kier alpha value is -1.22. The van der Waals surface area contributed by atoms with E-state index in [2.05, 4.69) is 28.4 Å². The highest BCUT2D eigenvalue weighted by atomic mass is 35.5. The number of anilines is 1. The van der Waals surface area contributed by atoms with Gasteiger partial charge in [-0.05, 0) is 35.4 Å². The van der Waals surface area contributed by atoms with Crippen LogP contribution in [0.1, 0.15) is 11.1 Å². The van der Waals surface area contributed by atoms with E-state index in [0.29, 0.717) is 0 Å². The van der Waals surface area contributed by atoms with Gasteiger partial charge in [0.1, 0.15) is 0 Å². The number of hydrogen-bond donors (Lipinski definition) is 1. The molecule has 1 aliphatic heterocycles. The topological polar surface area (TPSA) is 15.3 Å². The molecule has 0 saturated carbocycles. The van der Waals surface area contributed by atoms with Crippen LogP contribution in [0.25, 0.3) is 0 Å². The van der Waals surface area contributed by atoms with E-state index in [1.165, 1.54) is 11.3 Å². The quantitative estimate of drug-likeness (QED) is 0.919. The van der Waals surface area contributed by atoms with Crippen LogP contribution in [0.15, 0.2) is 42.5 Å². The summed E-state index contributed by atoms with van der Waals surface area (Å²) in [5, 5.41) is 4.97. The third-order valence-corrected chi connectivity index (χ3v) is 4.44. The molecule has 2 aromatic rings. The first kappa shape index (κ1) is 14.7. The van der Waals surface area contributed by atoms with Gasteiger partial charge in [0.25, 0.3) is 0 Å². The Morgan fingerprint density at radius 2 is 1.71 bits per heavy atom. The fraction of sp³-hybridized carbons (Fsp3) is 0.294. The number of piperazine rings is 1. The summed E-state index contributed by atoms with van der Waals surface area (Å²) in [7, 11) is 0. The summed E-state index contributed by atoms with van der Waals surface area (Å²) in [6.45, 7) is 4.09. The van der Waals surface area contributed by atoms with Gasteiger partial charge in [-0.25, -0.2) is 0 Å². The first-order chi connectivity index (χ1) is 10.2. The standard InChI is InChI=1S/C17H18Cl2N2/c18-15-5-6-17(21-9-7-20-8-10-21)14(12-15)11-13-3-1-2-4-16(13)19/h1-6,12,20H,7-11H2. The van der Waals surface area contributed by atoms with Crippen molar-refractivity contribution in [3.63, 3.8) is 0 Å². The molecule has 2 nitrogen and oxygen atoms in total. The smallest absolute Gasteiger partial charge is 0.0441 e. The van der Waals surface area contributed by atoms with Gasteiger partial charge in [-0.3, -0.25) is 0 Å². The molecule has 0 bridgehead atoms. The fourth-order valence-electron chi connectivity index (χ4n) is 2.76. The predicted octanol–water partition coefficient (Wildman–Crippen LogP) is 3.99. The summed E-state index contributed by atoms with van der Waals surface area (Å²) >= 11 is 12.5. The molecule has 110 valence electrons. The highest BCUT2D eigenvalue weighted by molar-refractivity contribution is 6.31. The van der Waals surface area contributed by atoms with Crippen molar-refractivity contribution in [3.8, 4) is 0 Å². The lowest BCUT2D eigenvalue weighted by Crippen LogP contribution is -2.43. The zero-order chi connectivity index (χ0) is 14.7. The van der Waals surface area contributed by atoms with Crippen LogP contribution in [0.2, 0.25) is 10.0 Å². The van der Waals surface area contributed by atoms with Crippen LogP contribution >= 0.6 is 23.2 Å². The molecular weight excluding hydrogens is 303 g/mol. The van der Waals surface area contributed by atoms with Gasteiger partial charge in [-0.1, -0.05) is 41.4 Å². The third-order valence-electron chi connectivity index (χ3n) is 3.84. The maximum Gasteiger partial charge on any atom is 0.0441 e. The Morgan fingerprint density at radius 1 is 0.952 bits per heavy atom. The van der Waals surface area contributed by atoms with Crippen LogP contribution < -0.4 is 10.2 Å². The molecule has 4 heteroatoms.